The molecule has 39 heavy (non-hydrogen) atoms. The molecular formula is C28H30F3N2O6+. The van der Waals surface area contributed by atoms with E-state index in [1.165, 1.54) is 18.3 Å². The van der Waals surface area contributed by atoms with Gasteiger partial charge in [0, 0.05) is 17.7 Å². The van der Waals surface area contributed by atoms with Crippen LogP contribution in [0.3, 0.4) is 0 Å². The normalized spacial score (nSPS) is 17.4. The third-order valence-electron chi connectivity index (χ3n) is 6.03. The van der Waals surface area contributed by atoms with Crippen molar-refractivity contribution in [3.63, 3.8) is 0 Å². The Kier molecular flexibility index (Phi) is 9.61. The largest absolute Gasteiger partial charge is 0.465 e. The lowest BCUT2D eigenvalue weighted by atomic mass is 9.75. The molecule has 0 saturated carbocycles. The van der Waals surface area contributed by atoms with Crippen molar-refractivity contribution in [2.75, 3.05) is 19.8 Å². The van der Waals surface area contributed by atoms with Gasteiger partial charge in [0.1, 0.15) is 17.2 Å². The lowest BCUT2D eigenvalue weighted by molar-refractivity contribution is -0.689. The average Bonchev–Trinajstić information content (AvgIpc) is 2.88. The quantitative estimate of drug-likeness (QED) is 0.262. The van der Waals surface area contributed by atoms with Crippen molar-refractivity contribution >= 4 is 23.6 Å². The Hall–Kier alpha value is -4.02. The molecular weight excluding hydrogens is 517 g/mol. The summed E-state index contributed by atoms with van der Waals surface area (Å²) in [6.45, 7) is 6.60. The summed E-state index contributed by atoms with van der Waals surface area (Å²) in [7, 11) is 0. The molecule has 8 nitrogen and oxygen atoms in total. The molecule has 0 radical (unpaired) electrons. The molecule has 0 saturated heterocycles. The number of nitrogens with zero attached hydrogens (tertiary/aromatic N) is 2. The summed E-state index contributed by atoms with van der Waals surface area (Å²) in [6.07, 6.45) is -1.50. The zero-order valence-electron chi connectivity index (χ0n) is 22.1. The predicted molar refractivity (Wildman–Crippen MR) is 134 cm³/mol. The van der Waals surface area contributed by atoms with E-state index < -0.39 is 41.5 Å². The van der Waals surface area contributed by atoms with Crippen molar-refractivity contribution in [3.05, 3.63) is 76.8 Å². The van der Waals surface area contributed by atoms with Crippen LogP contribution >= 0.6 is 0 Å². The van der Waals surface area contributed by atoms with Gasteiger partial charge in [0.2, 0.25) is 0 Å². The van der Waals surface area contributed by atoms with Gasteiger partial charge in [-0.25, -0.2) is 9.59 Å². The van der Waals surface area contributed by atoms with Gasteiger partial charge in [0.25, 0.3) is 0 Å². The Bertz CT molecular complexity index is 1300. The molecule has 1 aromatic heterocycles. The molecule has 0 spiro atoms. The number of aliphatic imine (C=N–C) groups is 1. The van der Waals surface area contributed by atoms with Crippen molar-refractivity contribution < 1.29 is 46.3 Å². The van der Waals surface area contributed by atoms with Gasteiger partial charge in [-0.15, -0.1) is 0 Å². The highest BCUT2D eigenvalue weighted by Crippen LogP contribution is 2.42. The van der Waals surface area contributed by atoms with Gasteiger partial charge < -0.3 is 14.2 Å². The molecule has 0 fully saturated rings. The van der Waals surface area contributed by atoms with E-state index in [9.17, 15) is 27.6 Å². The van der Waals surface area contributed by atoms with Crippen LogP contribution in [0.4, 0.5) is 13.2 Å². The summed E-state index contributed by atoms with van der Waals surface area (Å²) in [4.78, 5) is 43.2. The summed E-state index contributed by atoms with van der Waals surface area (Å²) in [5.74, 6) is -4.40. The maximum atomic E-state index is 13.6. The Morgan fingerprint density at radius 1 is 0.949 bits per heavy atom. The zero-order valence-corrected chi connectivity index (χ0v) is 22.1. The van der Waals surface area contributed by atoms with Crippen LogP contribution in [0.15, 0.2) is 65.1 Å². The maximum Gasteiger partial charge on any atom is 0.416 e. The van der Waals surface area contributed by atoms with Crippen molar-refractivity contribution in [2.45, 2.75) is 46.3 Å². The Morgan fingerprint density at radius 2 is 1.62 bits per heavy atom. The molecule has 208 valence electrons. The second kappa shape index (κ2) is 12.7. The third-order valence-corrected chi connectivity index (χ3v) is 6.03. The molecule has 0 N–H and O–H groups in total. The summed E-state index contributed by atoms with van der Waals surface area (Å²) < 4.78 is 58.0. The number of pyridine rings is 1. The van der Waals surface area contributed by atoms with E-state index in [0.29, 0.717) is 0 Å². The second-order valence-electron chi connectivity index (χ2n) is 8.65. The Balaban J connectivity index is 2.23. The van der Waals surface area contributed by atoms with E-state index in [1.807, 2.05) is 0 Å². The second-order valence-corrected chi connectivity index (χ2v) is 8.65. The van der Waals surface area contributed by atoms with Gasteiger partial charge in [0.15, 0.2) is 18.9 Å². The van der Waals surface area contributed by atoms with Crippen molar-refractivity contribution in [1.82, 2.24) is 0 Å². The molecule has 2 atom stereocenters. The Morgan fingerprint density at radius 3 is 2.26 bits per heavy atom. The van der Waals surface area contributed by atoms with Crippen LogP contribution in [0.25, 0.3) is 0 Å². The SMILES string of the molecule is CCOC(=O)C1=C(C[n+]2cccc(C(=O)OCC)c2)N=C(C)C(C(=O)OCC)C1c1cccc(C(F)(F)F)c1. The average molecular weight is 548 g/mol. The highest BCUT2D eigenvalue weighted by molar-refractivity contribution is 6.07. The number of esters is 3. The lowest BCUT2D eigenvalue weighted by Crippen LogP contribution is -2.41. The fourth-order valence-corrected chi connectivity index (χ4v) is 4.44. The van der Waals surface area contributed by atoms with Crippen LogP contribution in [0, 0.1) is 5.92 Å². The minimum Gasteiger partial charge on any atom is -0.465 e. The molecule has 1 aliphatic heterocycles. The van der Waals surface area contributed by atoms with E-state index in [2.05, 4.69) is 4.99 Å². The van der Waals surface area contributed by atoms with Crippen molar-refractivity contribution in [1.29, 1.82) is 0 Å². The van der Waals surface area contributed by atoms with Crippen LogP contribution in [0.1, 0.15) is 55.1 Å². The van der Waals surface area contributed by atoms with Gasteiger partial charge in [-0.05, 0) is 45.4 Å². The molecule has 2 unspecified atom stereocenters. The first kappa shape index (κ1) is 29.5. The summed E-state index contributed by atoms with van der Waals surface area (Å²) in [6, 6.07) is 7.66. The fraction of sp³-hybridized carbons (Fsp3) is 0.393. The lowest BCUT2D eigenvalue weighted by Gasteiger charge is -2.32. The number of rotatable bonds is 9. The molecule has 2 heterocycles. The molecule has 0 bridgehead atoms. The number of carbonyl (C=O) groups excluding carboxylic acids is 3. The van der Waals surface area contributed by atoms with Crippen LogP contribution in [-0.4, -0.2) is 43.4 Å². The number of carbonyl (C=O) groups is 3. The molecule has 1 aliphatic rings. The predicted octanol–water partition coefficient (Wildman–Crippen LogP) is 4.42. The fourth-order valence-electron chi connectivity index (χ4n) is 4.44. The molecule has 11 heteroatoms. The van der Waals surface area contributed by atoms with E-state index in [0.717, 1.165) is 12.1 Å². The molecule has 0 aliphatic carbocycles. The van der Waals surface area contributed by atoms with E-state index in [1.54, 1.807) is 50.6 Å². The zero-order chi connectivity index (χ0) is 28.7. The van der Waals surface area contributed by atoms with E-state index >= 15 is 0 Å². The van der Waals surface area contributed by atoms with Gasteiger partial charge in [-0.3, -0.25) is 9.79 Å². The number of benzene rings is 1. The molecule has 0 amide bonds. The van der Waals surface area contributed by atoms with Crippen LogP contribution < -0.4 is 4.57 Å². The number of aromatic nitrogens is 1. The maximum absolute atomic E-state index is 13.6. The van der Waals surface area contributed by atoms with Gasteiger partial charge in [0.05, 0.1) is 31.0 Å². The van der Waals surface area contributed by atoms with Crippen LogP contribution in [0.2, 0.25) is 0 Å². The number of alkyl halides is 3. The molecule has 1 aromatic carbocycles. The first-order valence-corrected chi connectivity index (χ1v) is 12.5. The van der Waals surface area contributed by atoms with Crippen LogP contribution in [-0.2, 0) is 36.5 Å². The number of hydrogen-bond donors (Lipinski definition) is 0. The highest BCUT2D eigenvalue weighted by Gasteiger charge is 2.44. The van der Waals surface area contributed by atoms with Crippen molar-refractivity contribution in [2.24, 2.45) is 10.9 Å². The van der Waals surface area contributed by atoms with Gasteiger partial charge in [-0.2, -0.15) is 17.7 Å². The summed E-state index contributed by atoms with van der Waals surface area (Å²) in [5, 5.41) is 0. The van der Waals surface area contributed by atoms with E-state index in [-0.39, 0.29) is 54.5 Å². The van der Waals surface area contributed by atoms with Gasteiger partial charge in [-0.1, -0.05) is 18.2 Å². The minimum atomic E-state index is -4.65. The van der Waals surface area contributed by atoms with Crippen LogP contribution in [0.5, 0.6) is 0 Å². The van der Waals surface area contributed by atoms with E-state index in [4.69, 9.17) is 14.2 Å². The molecule has 3 rings (SSSR count). The summed E-state index contributed by atoms with van der Waals surface area (Å²) >= 11 is 0. The minimum absolute atomic E-state index is 0.0107. The number of allylic oxidation sites excluding steroid dienone is 1. The molecule has 2 aromatic rings. The number of hydrogen-bond acceptors (Lipinski definition) is 7. The first-order chi connectivity index (χ1) is 18.5. The summed E-state index contributed by atoms with van der Waals surface area (Å²) in [5.41, 5.74) is -0.199. The number of ether oxygens (including phenoxy) is 3. The highest BCUT2D eigenvalue weighted by atomic mass is 19.4. The smallest absolute Gasteiger partial charge is 0.416 e. The standard InChI is InChI=1S/C28H30F3N2O6/c1-5-37-25(34)19-11-9-13-33(15-19)16-21-24(27(36)39-7-3)23(22(17(4)32-21)26(35)38-6-2)18-10-8-12-20(14-18)28(29,30)31/h8-15,22-23H,5-7,16H2,1-4H3/q+1. The monoisotopic (exact) mass is 547 g/mol. The van der Waals surface area contributed by atoms with Gasteiger partial charge >= 0.3 is 24.1 Å². The van der Waals surface area contributed by atoms with Crippen molar-refractivity contribution in [3.8, 4) is 0 Å². The Labute approximate surface area is 224 Å². The topological polar surface area (TPSA) is 95.1 Å². The number of halogens is 3. The first-order valence-electron chi connectivity index (χ1n) is 12.5. The third kappa shape index (κ3) is 6.90.